The summed E-state index contributed by atoms with van der Waals surface area (Å²) in [6.45, 7) is 0. The molecule has 13 heavy (non-hydrogen) atoms. The molecule has 1 aromatic rings. The van der Waals surface area contributed by atoms with Crippen LogP contribution in [-0.4, -0.2) is 18.1 Å². The third-order valence-electron chi connectivity index (χ3n) is 1.49. The number of hydrogen-bond donors (Lipinski definition) is 0. The van der Waals surface area contributed by atoms with Crippen LogP contribution < -0.4 is 0 Å². The van der Waals surface area contributed by atoms with Gasteiger partial charge >= 0.3 is 5.97 Å². The normalized spacial score (nSPS) is 9.77. The molecule has 0 saturated heterocycles. The van der Waals surface area contributed by atoms with E-state index in [1.807, 2.05) is 0 Å². The highest BCUT2D eigenvalue weighted by Gasteiger charge is 2.10. The van der Waals surface area contributed by atoms with Crippen molar-refractivity contribution in [1.29, 1.82) is 0 Å². The van der Waals surface area contributed by atoms with E-state index in [2.05, 4.69) is 25.7 Å². The Morgan fingerprint density at radius 2 is 2.46 bits per heavy atom. The molecule has 0 saturated carbocycles. The van der Waals surface area contributed by atoms with Crippen molar-refractivity contribution in [3.05, 3.63) is 28.2 Å². The van der Waals surface area contributed by atoms with Crippen molar-refractivity contribution in [2.24, 2.45) is 0 Å². The van der Waals surface area contributed by atoms with Crippen LogP contribution in [0.5, 0.6) is 0 Å². The van der Waals surface area contributed by atoms with Crippen LogP contribution in [0.25, 0.3) is 0 Å². The quantitative estimate of drug-likeness (QED) is 0.590. The Labute approximate surface area is 83.1 Å². The maximum absolute atomic E-state index is 13.2. The van der Waals surface area contributed by atoms with Crippen LogP contribution in [0.3, 0.4) is 0 Å². The molecule has 0 N–H and O–H groups in total. The van der Waals surface area contributed by atoms with Crippen molar-refractivity contribution < 1.29 is 13.9 Å². The molecule has 1 heterocycles. The van der Waals surface area contributed by atoms with Crippen molar-refractivity contribution >= 4 is 21.9 Å². The lowest BCUT2D eigenvalue weighted by atomic mass is 10.2. The summed E-state index contributed by atoms with van der Waals surface area (Å²) in [5.41, 5.74) is 0.272. The number of carbonyl (C=O) groups is 1. The number of nitrogens with zero attached hydrogens (tertiary/aromatic N) is 1. The largest absolute Gasteiger partial charge is 0.469 e. The Morgan fingerprint density at radius 1 is 1.77 bits per heavy atom. The number of rotatable bonds is 2. The summed E-state index contributed by atoms with van der Waals surface area (Å²) in [5, 5.41) is 0. The first-order valence-electron chi connectivity index (χ1n) is 3.51. The monoisotopic (exact) mass is 247 g/mol. The molecule has 3 nitrogen and oxygen atoms in total. The molecule has 0 aliphatic carbocycles. The molecule has 1 rings (SSSR count). The highest BCUT2D eigenvalue weighted by Crippen LogP contribution is 2.16. The second-order valence-corrected chi connectivity index (χ2v) is 3.08. The fraction of sp³-hybridized carbons (Fsp3) is 0.250. The predicted octanol–water partition coefficient (Wildman–Crippen LogP) is 1.70. The van der Waals surface area contributed by atoms with Crippen LogP contribution in [0.15, 0.2) is 16.9 Å². The molecule has 0 fully saturated rings. The second-order valence-electron chi connectivity index (χ2n) is 2.33. The van der Waals surface area contributed by atoms with Gasteiger partial charge in [0.25, 0.3) is 0 Å². The molecule has 0 aliphatic rings. The van der Waals surface area contributed by atoms with E-state index in [1.165, 1.54) is 19.4 Å². The minimum Gasteiger partial charge on any atom is -0.469 e. The van der Waals surface area contributed by atoms with E-state index in [0.717, 1.165) is 0 Å². The SMILES string of the molecule is COC(=O)Cc1ccnc(Br)c1F. The summed E-state index contributed by atoms with van der Waals surface area (Å²) in [6.07, 6.45) is 1.34. The topological polar surface area (TPSA) is 39.2 Å². The van der Waals surface area contributed by atoms with Gasteiger partial charge in [0, 0.05) is 11.8 Å². The van der Waals surface area contributed by atoms with Crippen molar-refractivity contribution in [3.8, 4) is 0 Å². The summed E-state index contributed by atoms with van der Waals surface area (Å²) in [6, 6.07) is 1.44. The lowest BCUT2D eigenvalue weighted by Gasteiger charge is -2.01. The van der Waals surface area contributed by atoms with Crippen LogP contribution >= 0.6 is 15.9 Å². The highest BCUT2D eigenvalue weighted by atomic mass is 79.9. The average molecular weight is 248 g/mol. The third-order valence-corrected chi connectivity index (χ3v) is 2.04. The van der Waals surface area contributed by atoms with Crippen LogP contribution in [0.1, 0.15) is 5.56 Å². The molecule has 0 spiro atoms. The number of carbonyl (C=O) groups excluding carboxylic acids is 1. The first-order valence-corrected chi connectivity index (χ1v) is 4.30. The molecule has 5 heteroatoms. The Balaban J connectivity index is 2.89. The fourth-order valence-electron chi connectivity index (χ4n) is 0.819. The third kappa shape index (κ3) is 2.48. The number of methoxy groups -OCH3 is 1. The summed E-state index contributed by atoms with van der Waals surface area (Å²) >= 11 is 2.92. The zero-order valence-corrected chi connectivity index (χ0v) is 8.47. The van der Waals surface area contributed by atoms with Gasteiger partial charge in [-0.1, -0.05) is 0 Å². The maximum Gasteiger partial charge on any atom is 0.310 e. The van der Waals surface area contributed by atoms with Crippen LogP contribution in [0.4, 0.5) is 4.39 Å². The first kappa shape index (κ1) is 10.1. The number of halogens is 2. The smallest absolute Gasteiger partial charge is 0.310 e. The molecule has 0 amide bonds. The second kappa shape index (κ2) is 4.32. The van der Waals surface area contributed by atoms with Crippen molar-refractivity contribution in [1.82, 2.24) is 4.98 Å². The summed E-state index contributed by atoms with van der Waals surface area (Å²) < 4.78 is 17.7. The van der Waals surface area contributed by atoms with Gasteiger partial charge in [-0.2, -0.15) is 0 Å². The number of ether oxygens (including phenoxy) is 1. The van der Waals surface area contributed by atoms with E-state index in [-0.39, 0.29) is 16.6 Å². The molecule has 0 aliphatic heterocycles. The van der Waals surface area contributed by atoms with Crippen LogP contribution in [-0.2, 0) is 16.0 Å². The molecule has 0 atom stereocenters. The van der Waals surface area contributed by atoms with E-state index in [1.54, 1.807) is 0 Å². The predicted molar refractivity (Wildman–Crippen MR) is 47.6 cm³/mol. The number of aromatic nitrogens is 1. The van der Waals surface area contributed by atoms with E-state index in [9.17, 15) is 9.18 Å². The maximum atomic E-state index is 13.2. The van der Waals surface area contributed by atoms with Gasteiger partial charge in [-0.15, -0.1) is 0 Å². The lowest BCUT2D eigenvalue weighted by Crippen LogP contribution is -2.06. The molecular weight excluding hydrogens is 241 g/mol. The molecule has 1 aromatic heterocycles. The minimum atomic E-state index is -0.520. The van der Waals surface area contributed by atoms with Crippen molar-refractivity contribution in [2.45, 2.75) is 6.42 Å². The standard InChI is InChI=1S/C8H7BrFNO2/c1-13-6(12)4-5-2-3-11-8(9)7(5)10/h2-3H,4H2,1H3. The highest BCUT2D eigenvalue weighted by molar-refractivity contribution is 9.10. The molecule has 70 valence electrons. The van der Waals surface area contributed by atoms with Crippen LogP contribution in [0, 0.1) is 5.82 Å². The minimum absolute atomic E-state index is 0.0799. The van der Waals surface area contributed by atoms with Gasteiger partial charge in [-0.3, -0.25) is 4.79 Å². The number of pyridine rings is 1. The fourth-order valence-corrected chi connectivity index (χ4v) is 1.19. The van der Waals surface area contributed by atoms with E-state index in [4.69, 9.17) is 0 Å². The van der Waals surface area contributed by atoms with E-state index in [0.29, 0.717) is 0 Å². The average Bonchev–Trinajstić information content (AvgIpc) is 2.13. The van der Waals surface area contributed by atoms with E-state index >= 15 is 0 Å². The summed E-state index contributed by atoms with van der Waals surface area (Å²) in [7, 11) is 1.26. The zero-order valence-electron chi connectivity index (χ0n) is 6.88. The summed E-state index contributed by atoms with van der Waals surface area (Å²) in [4.78, 5) is 14.5. The number of hydrogen-bond acceptors (Lipinski definition) is 3. The van der Waals surface area contributed by atoms with Crippen molar-refractivity contribution in [2.75, 3.05) is 7.11 Å². The Morgan fingerprint density at radius 3 is 3.08 bits per heavy atom. The zero-order chi connectivity index (χ0) is 9.84. The molecule has 0 unspecified atom stereocenters. The Bertz CT molecular complexity index is 330. The molecular formula is C8H7BrFNO2. The van der Waals surface area contributed by atoms with E-state index < -0.39 is 11.8 Å². The van der Waals surface area contributed by atoms with Gasteiger partial charge in [0.05, 0.1) is 13.5 Å². The Kier molecular flexibility index (Phi) is 3.36. The van der Waals surface area contributed by atoms with Gasteiger partial charge in [0.15, 0.2) is 5.82 Å². The Hall–Kier alpha value is -0.970. The first-order chi connectivity index (χ1) is 6.15. The van der Waals surface area contributed by atoms with Crippen LogP contribution in [0.2, 0.25) is 0 Å². The van der Waals surface area contributed by atoms with Crippen molar-refractivity contribution in [3.63, 3.8) is 0 Å². The van der Waals surface area contributed by atoms with Gasteiger partial charge < -0.3 is 4.74 Å². The van der Waals surface area contributed by atoms with Gasteiger partial charge in [0.2, 0.25) is 0 Å². The molecule has 0 aromatic carbocycles. The van der Waals surface area contributed by atoms with Gasteiger partial charge in [-0.05, 0) is 22.0 Å². The lowest BCUT2D eigenvalue weighted by molar-refractivity contribution is -0.139. The summed E-state index contributed by atoms with van der Waals surface area (Å²) in [5.74, 6) is -0.995. The van der Waals surface area contributed by atoms with Gasteiger partial charge in [0.1, 0.15) is 4.60 Å². The number of esters is 1. The molecule has 0 bridgehead atoms. The van der Waals surface area contributed by atoms with Gasteiger partial charge in [-0.25, -0.2) is 9.37 Å². The molecule has 0 radical (unpaired) electrons.